The van der Waals surface area contributed by atoms with Gasteiger partial charge in [0.15, 0.2) is 0 Å². The minimum absolute atomic E-state index is 0.0573. The van der Waals surface area contributed by atoms with Crippen LogP contribution in [0, 0.1) is 0 Å². The second-order valence-electron chi connectivity index (χ2n) is 7.68. The van der Waals surface area contributed by atoms with Gasteiger partial charge in [-0.2, -0.15) is 0 Å². The van der Waals surface area contributed by atoms with Crippen LogP contribution in [0.2, 0.25) is 0 Å². The predicted molar refractivity (Wildman–Crippen MR) is 129 cm³/mol. The van der Waals surface area contributed by atoms with Crippen LogP contribution in [0.4, 0.5) is 5.69 Å². The third-order valence-electron chi connectivity index (χ3n) is 5.59. The number of imidazole rings is 1. The lowest BCUT2D eigenvalue weighted by Gasteiger charge is -2.08. The third kappa shape index (κ3) is 4.34. The molecule has 0 spiro atoms. The number of rotatable bonds is 7. The Kier molecular flexibility index (Phi) is 5.59. The van der Waals surface area contributed by atoms with E-state index in [0.717, 1.165) is 39.3 Å². The highest BCUT2D eigenvalue weighted by Crippen LogP contribution is 2.32. The Morgan fingerprint density at radius 1 is 1.09 bits per heavy atom. The van der Waals surface area contributed by atoms with Crippen molar-refractivity contribution in [1.82, 2.24) is 19.5 Å². The predicted octanol–water partition coefficient (Wildman–Crippen LogP) is 5.00. The van der Waals surface area contributed by atoms with E-state index in [4.69, 9.17) is 4.74 Å². The number of amides is 1. The normalized spacial score (nSPS) is 10.9. The van der Waals surface area contributed by atoms with Crippen LogP contribution in [-0.2, 0) is 11.2 Å². The molecule has 33 heavy (non-hydrogen) atoms. The molecular formula is C26H23N5O2. The molecule has 5 aromatic rings. The van der Waals surface area contributed by atoms with E-state index in [9.17, 15) is 4.79 Å². The summed E-state index contributed by atoms with van der Waals surface area (Å²) in [6.07, 6.45) is 7.82. The van der Waals surface area contributed by atoms with Gasteiger partial charge in [-0.25, -0.2) is 9.97 Å². The number of H-pyrrole nitrogens is 1. The minimum Gasteiger partial charge on any atom is -0.497 e. The number of fused-ring (bicyclic) bond motifs is 1. The molecule has 0 aliphatic rings. The highest BCUT2D eigenvalue weighted by atomic mass is 16.5. The van der Waals surface area contributed by atoms with Gasteiger partial charge in [0, 0.05) is 35.4 Å². The maximum atomic E-state index is 12.7. The fourth-order valence-corrected chi connectivity index (χ4v) is 3.93. The summed E-state index contributed by atoms with van der Waals surface area (Å²) in [5, 5.41) is 4.07. The Hall–Kier alpha value is -4.39. The molecule has 3 heterocycles. The van der Waals surface area contributed by atoms with Gasteiger partial charge in [-0.15, -0.1) is 0 Å². The fourth-order valence-electron chi connectivity index (χ4n) is 3.93. The SMILES string of the molecule is COc1ccc(-c2[nH]c3ccccc3c2CCC(=O)Nc2ccc(-n3ccnc3)nc2)cc1. The molecule has 164 valence electrons. The van der Waals surface area contributed by atoms with Gasteiger partial charge in [0.1, 0.15) is 17.9 Å². The van der Waals surface area contributed by atoms with E-state index in [0.29, 0.717) is 18.5 Å². The minimum atomic E-state index is -0.0573. The van der Waals surface area contributed by atoms with Gasteiger partial charge in [-0.3, -0.25) is 9.36 Å². The second kappa shape index (κ2) is 9.00. The van der Waals surface area contributed by atoms with Crippen molar-refractivity contribution >= 4 is 22.5 Å². The molecule has 1 amide bonds. The number of methoxy groups -OCH3 is 1. The van der Waals surface area contributed by atoms with E-state index in [-0.39, 0.29) is 5.91 Å². The molecule has 0 aliphatic carbocycles. The lowest BCUT2D eigenvalue weighted by molar-refractivity contribution is -0.116. The van der Waals surface area contributed by atoms with Crippen molar-refractivity contribution in [2.24, 2.45) is 0 Å². The molecule has 0 atom stereocenters. The number of benzene rings is 2. The van der Waals surface area contributed by atoms with Gasteiger partial charge in [0.25, 0.3) is 0 Å². The van der Waals surface area contributed by atoms with Crippen LogP contribution < -0.4 is 10.1 Å². The van der Waals surface area contributed by atoms with E-state index >= 15 is 0 Å². The lowest BCUT2D eigenvalue weighted by atomic mass is 10.0. The zero-order valence-electron chi connectivity index (χ0n) is 18.2. The number of nitrogens with one attached hydrogen (secondary N) is 2. The Morgan fingerprint density at radius 2 is 1.94 bits per heavy atom. The van der Waals surface area contributed by atoms with Gasteiger partial charge in [0.2, 0.25) is 5.91 Å². The molecule has 0 saturated heterocycles. The number of aromatic amines is 1. The van der Waals surface area contributed by atoms with Crippen molar-refractivity contribution in [3.8, 4) is 22.8 Å². The van der Waals surface area contributed by atoms with Crippen molar-refractivity contribution in [3.05, 3.63) is 91.1 Å². The molecule has 0 radical (unpaired) electrons. The van der Waals surface area contributed by atoms with Crippen LogP contribution in [0.25, 0.3) is 28.0 Å². The molecular weight excluding hydrogens is 414 g/mol. The molecule has 3 aromatic heterocycles. The van der Waals surface area contributed by atoms with Crippen molar-refractivity contribution in [1.29, 1.82) is 0 Å². The van der Waals surface area contributed by atoms with Gasteiger partial charge in [-0.1, -0.05) is 18.2 Å². The summed E-state index contributed by atoms with van der Waals surface area (Å²) in [6, 6.07) is 19.8. The fraction of sp³-hybridized carbons (Fsp3) is 0.115. The van der Waals surface area contributed by atoms with E-state index in [2.05, 4.69) is 32.4 Å². The smallest absolute Gasteiger partial charge is 0.224 e. The zero-order valence-corrected chi connectivity index (χ0v) is 18.2. The van der Waals surface area contributed by atoms with Crippen LogP contribution in [0.1, 0.15) is 12.0 Å². The molecule has 0 unspecified atom stereocenters. The van der Waals surface area contributed by atoms with Crippen LogP contribution >= 0.6 is 0 Å². The number of pyridine rings is 1. The number of para-hydroxylation sites is 1. The maximum absolute atomic E-state index is 12.7. The van der Waals surface area contributed by atoms with E-state index in [1.165, 1.54) is 0 Å². The third-order valence-corrected chi connectivity index (χ3v) is 5.59. The first-order valence-corrected chi connectivity index (χ1v) is 10.7. The first kappa shape index (κ1) is 20.5. The summed E-state index contributed by atoms with van der Waals surface area (Å²) in [4.78, 5) is 24.6. The van der Waals surface area contributed by atoms with Crippen LogP contribution in [0.3, 0.4) is 0 Å². The Labute approximate surface area is 191 Å². The summed E-state index contributed by atoms with van der Waals surface area (Å²) in [7, 11) is 1.66. The number of nitrogens with zero attached hydrogens (tertiary/aromatic N) is 3. The van der Waals surface area contributed by atoms with Gasteiger partial charge in [-0.05, 0) is 60.0 Å². The van der Waals surface area contributed by atoms with E-state index in [1.807, 2.05) is 59.3 Å². The zero-order chi connectivity index (χ0) is 22.6. The Balaban J connectivity index is 1.33. The highest BCUT2D eigenvalue weighted by molar-refractivity contribution is 5.93. The average Bonchev–Trinajstić information content (AvgIpc) is 3.52. The summed E-state index contributed by atoms with van der Waals surface area (Å²) < 4.78 is 7.09. The molecule has 7 heteroatoms. The molecule has 2 aromatic carbocycles. The lowest BCUT2D eigenvalue weighted by Crippen LogP contribution is -2.12. The van der Waals surface area contributed by atoms with Gasteiger partial charge < -0.3 is 15.0 Å². The number of aryl methyl sites for hydroxylation is 1. The average molecular weight is 438 g/mol. The summed E-state index contributed by atoms with van der Waals surface area (Å²) in [6.45, 7) is 0. The molecule has 2 N–H and O–H groups in total. The van der Waals surface area contributed by atoms with Crippen molar-refractivity contribution in [2.45, 2.75) is 12.8 Å². The quantitative estimate of drug-likeness (QED) is 0.375. The number of hydrogen-bond acceptors (Lipinski definition) is 4. The number of anilines is 1. The first-order valence-electron chi connectivity index (χ1n) is 10.7. The first-order chi connectivity index (χ1) is 16.2. The molecule has 0 bridgehead atoms. The molecule has 0 saturated carbocycles. The number of hydrogen-bond donors (Lipinski definition) is 2. The van der Waals surface area contributed by atoms with Crippen LogP contribution in [0.15, 0.2) is 85.6 Å². The van der Waals surface area contributed by atoms with Crippen molar-refractivity contribution in [2.75, 3.05) is 12.4 Å². The maximum Gasteiger partial charge on any atom is 0.224 e. The Bertz CT molecular complexity index is 1370. The van der Waals surface area contributed by atoms with Crippen LogP contribution in [-0.4, -0.2) is 32.5 Å². The Morgan fingerprint density at radius 3 is 2.67 bits per heavy atom. The molecule has 0 fully saturated rings. The second-order valence-corrected chi connectivity index (χ2v) is 7.68. The molecule has 0 aliphatic heterocycles. The van der Waals surface area contributed by atoms with Gasteiger partial charge in [0.05, 0.1) is 19.0 Å². The monoisotopic (exact) mass is 437 g/mol. The standard InChI is InChI=1S/C26H23N5O2/c1-33-20-9-6-18(7-10-20)26-22(21-4-2-3-5-23(21)30-26)11-13-25(32)29-19-8-12-24(28-16-19)31-15-14-27-17-31/h2-10,12,14-17,30H,11,13H2,1H3,(H,29,32). The largest absolute Gasteiger partial charge is 0.497 e. The molecule has 7 nitrogen and oxygen atoms in total. The summed E-state index contributed by atoms with van der Waals surface area (Å²) >= 11 is 0. The summed E-state index contributed by atoms with van der Waals surface area (Å²) in [5.41, 5.74) is 4.93. The van der Waals surface area contributed by atoms with E-state index < -0.39 is 0 Å². The van der Waals surface area contributed by atoms with Gasteiger partial charge >= 0.3 is 0 Å². The number of carbonyl (C=O) groups excluding carboxylic acids is 1. The summed E-state index contributed by atoms with van der Waals surface area (Å²) in [5.74, 6) is 1.50. The van der Waals surface area contributed by atoms with Crippen LogP contribution in [0.5, 0.6) is 5.75 Å². The van der Waals surface area contributed by atoms with E-state index in [1.54, 1.807) is 25.8 Å². The number of carbonyl (C=O) groups is 1. The number of aromatic nitrogens is 4. The molecule has 5 rings (SSSR count). The topological polar surface area (TPSA) is 84.8 Å². The number of ether oxygens (including phenoxy) is 1. The van der Waals surface area contributed by atoms with Crippen molar-refractivity contribution < 1.29 is 9.53 Å². The van der Waals surface area contributed by atoms with Crippen molar-refractivity contribution in [3.63, 3.8) is 0 Å². The highest BCUT2D eigenvalue weighted by Gasteiger charge is 2.15.